The molecule has 0 saturated carbocycles. The molecule has 4 heteroatoms. The molecule has 0 aliphatic heterocycles. The van der Waals surface area contributed by atoms with Gasteiger partial charge in [0.2, 0.25) is 0 Å². The Hall–Kier alpha value is -1.68. The van der Waals surface area contributed by atoms with Gasteiger partial charge in [0.1, 0.15) is 12.1 Å². The molecule has 90 valence electrons. The van der Waals surface area contributed by atoms with Gasteiger partial charge in [0.15, 0.2) is 0 Å². The normalized spacial score (nSPS) is 12.6. The van der Waals surface area contributed by atoms with Crippen LogP contribution in [-0.2, 0) is 0 Å². The van der Waals surface area contributed by atoms with Crippen molar-refractivity contribution >= 4 is 16.7 Å². The van der Waals surface area contributed by atoms with Crippen molar-refractivity contribution in [2.45, 2.75) is 25.9 Å². The van der Waals surface area contributed by atoms with E-state index in [-0.39, 0.29) is 6.10 Å². The van der Waals surface area contributed by atoms with Gasteiger partial charge in [-0.3, -0.25) is 0 Å². The number of hydrogen-bond donors (Lipinski definition) is 2. The Bertz CT molecular complexity index is 482. The van der Waals surface area contributed by atoms with Crippen LogP contribution in [-0.4, -0.2) is 27.7 Å². The lowest BCUT2D eigenvalue weighted by Crippen LogP contribution is -2.13. The van der Waals surface area contributed by atoms with E-state index in [1.807, 2.05) is 31.2 Å². The van der Waals surface area contributed by atoms with Crippen LogP contribution >= 0.6 is 0 Å². The van der Waals surface area contributed by atoms with E-state index in [9.17, 15) is 5.11 Å². The van der Waals surface area contributed by atoms with E-state index in [1.54, 1.807) is 6.33 Å². The second-order valence-corrected chi connectivity index (χ2v) is 4.02. The summed E-state index contributed by atoms with van der Waals surface area (Å²) in [5, 5.41) is 13.7. The highest BCUT2D eigenvalue weighted by molar-refractivity contribution is 5.88. The first kappa shape index (κ1) is 11.8. The van der Waals surface area contributed by atoms with E-state index in [2.05, 4.69) is 15.3 Å². The molecular formula is C13H17N3O. The Morgan fingerprint density at radius 1 is 1.29 bits per heavy atom. The van der Waals surface area contributed by atoms with Crippen molar-refractivity contribution in [2.24, 2.45) is 0 Å². The zero-order valence-electron chi connectivity index (χ0n) is 9.93. The van der Waals surface area contributed by atoms with Crippen LogP contribution in [0, 0.1) is 0 Å². The number of para-hydroxylation sites is 1. The van der Waals surface area contributed by atoms with Crippen LogP contribution in [0.1, 0.15) is 19.8 Å². The average Bonchev–Trinajstić information content (AvgIpc) is 2.39. The maximum Gasteiger partial charge on any atom is 0.137 e. The summed E-state index contributed by atoms with van der Waals surface area (Å²) in [5.74, 6) is 0.832. The molecule has 0 aliphatic rings. The number of aliphatic hydroxyl groups excluding tert-OH is 1. The SMILES string of the molecule is CCC(O)CCNc1ncnc2ccccc12. The van der Waals surface area contributed by atoms with Crippen molar-refractivity contribution in [1.29, 1.82) is 0 Å². The molecule has 0 radical (unpaired) electrons. The van der Waals surface area contributed by atoms with Gasteiger partial charge < -0.3 is 10.4 Å². The van der Waals surface area contributed by atoms with Crippen molar-refractivity contribution < 1.29 is 5.11 Å². The molecule has 0 amide bonds. The first-order valence-corrected chi connectivity index (χ1v) is 5.93. The molecule has 0 fully saturated rings. The lowest BCUT2D eigenvalue weighted by atomic mass is 10.2. The lowest BCUT2D eigenvalue weighted by molar-refractivity contribution is 0.164. The quantitative estimate of drug-likeness (QED) is 0.828. The molecule has 1 aromatic carbocycles. The molecule has 1 aromatic heterocycles. The maximum absolute atomic E-state index is 9.48. The maximum atomic E-state index is 9.48. The van der Waals surface area contributed by atoms with Gasteiger partial charge in [-0.15, -0.1) is 0 Å². The average molecular weight is 231 g/mol. The first-order chi connectivity index (χ1) is 8.31. The summed E-state index contributed by atoms with van der Waals surface area (Å²) >= 11 is 0. The van der Waals surface area contributed by atoms with E-state index >= 15 is 0 Å². The van der Waals surface area contributed by atoms with Gasteiger partial charge in [0, 0.05) is 11.9 Å². The van der Waals surface area contributed by atoms with E-state index < -0.39 is 0 Å². The Labute approximate surface area is 101 Å². The summed E-state index contributed by atoms with van der Waals surface area (Å²) in [6.07, 6.45) is 2.83. The number of benzene rings is 1. The fourth-order valence-electron chi connectivity index (χ4n) is 1.71. The highest BCUT2D eigenvalue weighted by Crippen LogP contribution is 2.18. The molecule has 1 heterocycles. The molecule has 0 bridgehead atoms. The van der Waals surface area contributed by atoms with Gasteiger partial charge in [0.05, 0.1) is 11.6 Å². The summed E-state index contributed by atoms with van der Waals surface area (Å²) in [6.45, 7) is 2.70. The van der Waals surface area contributed by atoms with Crippen molar-refractivity contribution in [2.75, 3.05) is 11.9 Å². The zero-order chi connectivity index (χ0) is 12.1. The molecule has 1 atom stereocenters. The minimum atomic E-state index is -0.240. The van der Waals surface area contributed by atoms with Gasteiger partial charge in [-0.2, -0.15) is 0 Å². The van der Waals surface area contributed by atoms with Gasteiger partial charge >= 0.3 is 0 Å². The van der Waals surface area contributed by atoms with Gasteiger partial charge in [0.25, 0.3) is 0 Å². The molecule has 0 aliphatic carbocycles. The second kappa shape index (κ2) is 5.59. The monoisotopic (exact) mass is 231 g/mol. The van der Waals surface area contributed by atoms with E-state index in [4.69, 9.17) is 0 Å². The standard InChI is InChI=1S/C13H17N3O/c1-2-10(17)7-8-14-13-11-5-3-4-6-12(11)15-9-16-13/h3-6,9-10,17H,2,7-8H2,1H3,(H,14,15,16). The van der Waals surface area contributed by atoms with E-state index in [1.165, 1.54) is 0 Å². The number of aromatic nitrogens is 2. The number of anilines is 1. The minimum Gasteiger partial charge on any atom is -0.393 e. The fourth-order valence-corrected chi connectivity index (χ4v) is 1.71. The highest BCUT2D eigenvalue weighted by atomic mass is 16.3. The minimum absolute atomic E-state index is 0.240. The number of hydrogen-bond acceptors (Lipinski definition) is 4. The number of rotatable bonds is 5. The van der Waals surface area contributed by atoms with Gasteiger partial charge in [-0.25, -0.2) is 9.97 Å². The predicted octanol–water partition coefficient (Wildman–Crippen LogP) is 2.20. The second-order valence-electron chi connectivity index (χ2n) is 4.02. The Balaban J connectivity index is 2.08. The third-order valence-electron chi connectivity index (χ3n) is 2.78. The molecule has 4 nitrogen and oxygen atoms in total. The van der Waals surface area contributed by atoms with Crippen LogP contribution in [0.4, 0.5) is 5.82 Å². The number of nitrogens with zero attached hydrogens (tertiary/aromatic N) is 2. The van der Waals surface area contributed by atoms with E-state index in [0.29, 0.717) is 0 Å². The Morgan fingerprint density at radius 2 is 2.12 bits per heavy atom. The summed E-state index contributed by atoms with van der Waals surface area (Å²) in [6, 6.07) is 7.88. The summed E-state index contributed by atoms with van der Waals surface area (Å²) in [5.41, 5.74) is 0.932. The zero-order valence-corrected chi connectivity index (χ0v) is 9.93. The fraction of sp³-hybridized carbons (Fsp3) is 0.385. The molecule has 2 aromatic rings. The lowest BCUT2D eigenvalue weighted by Gasteiger charge is -2.10. The molecule has 2 N–H and O–H groups in total. The van der Waals surface area contributed by atoms with Crippen LogP contribution < -0.4 is 5.32 Å². The van der Waals surface area contributed by atoms with Gasteiger partial charge in [-0.1, -0.05) is 19.1 Å². The number of fused-ring (bicyclic) bond motifs is 1. The number of nitrogens with one attached hydrogen (secondary N) is 1. The molecule has 2 rings (SSSR count). The largest absolute Gasteiger partial charge is 0.393 e. The van der Waals surface area contributed by atoms with Crippen LogP contribution in [0.3, 0.4) is 0 Å². The molecule has 17 heavy (non-hydrogen) atoms. The number of aliphatic hydroxyl groups is 1. The van der Waals surface area contributed by atoms with Crippen LogP contribution in [0.5, 0.6) is 0 Å². The van der Waals surface area contributed by atoms with Crippen LogP contribution in [0.2, 0.25) is 0 Å². The molecular weight excluding hydrogens is 214 g/mol. The molecule has 0 saturated heterocycles. The third-order valence-corrected chi connectivity index (χ3v) is 2.78. The molecule has 1 unspecified atom stereocenters. The topological polar surface area (TPSA) is 58.0 Å². The van der Waals surface area contributed by atoms with E-state index in [0.717, 1.165) is 36.1 Å². The third kappa shape index (κ3) is 2.91. The summed E-state index contributed by atoms with van der Waals surface area (Å²) in [4.78, 5) is 8.43. The Morgan fingerprint density at radius 3 is 2.94 bits per heavy atom. The predicted molar refractivity (Wildman–Crippen MR) is 68.9 cm³/mol. The van der Waals surface area contributed by atoms with Gasteiger partial charge in [-0.05, 0) is 25.0 Å². The van der Waals surface area contributed by atoms with Crippen molar-refractivity contribution in [3.05, 3.63) is 30.6 Å². The highest BCUT2D eigenvalue weighted by Gasteiger charge is 2.03. The first-order valence-electron chi connectivity index (χ1n) is 5.93. The molecule has 0 spiro atoms. The van der Waals surface area contributed by atoms with Crippen molar-refractivity contribution in [1.82, 2.24) is 9.97 Å². The van der Waals surface area contributed by atoms with Crippen molar-refractivity contribution in [3.63, 3.8) is 0 Å². The summed E-state index contributed by atoms with van der Waals surface area (Å²) < 4.78 is 0. The van der Waals surface area contributed by atoms with Crippen molar-refractivity contribution in [3.8, 4) is 0 Å². The summed E-state index contributed by atoms with van der Waals surface area (Å²) in [7, 11) is 0. The smallest absolute Gasteiger partial charge is 0.137 e. The van der Waals surface area contributed by atoms with Crippen LogP contribution in [0.25, 0.3) is 10.9 Å². The van der Waals surface area contributed by atoms with Crippen LogP contribution in [0.15, 0.2) is 30.6 Å². The Kier molecular flexibility index (Phi) is 3.88.